The lowest BCUT2D eigenvalue weighted by Crippen LogP contribution is -2.44. The monoisotopic (exact) mass is 334 g/mol. The molecule has 1 atom stereocenters. The van der Waals surface area contributed by atoms with E-state index in [1.54, 1.807) is 0 Å². The van der Waals surface area contributed by atoms with Crippen LogP contribution in [0.3, 0.4) is 0 Å². The van der Waals surface area contributed by atoms with Gasteiger partial charge in [-0.2, -0.15) is 12.6 Å². The third kappa shape index (κ3) is 6.11. The minimum Gasteiger partial charge on any atom is -0.455 e. The molecule has 1 rings (SSSR count). The molecule has 0 saturated carbocycles. The molecule has 0 aromatic heterocycles. The van der Waals surface area contributed by atoms with Crippen molar-refractivity contribution in [2.24, 2.45) is 5.92 Å². The highest BCUT2D eigenvalue weighted by molar-refractivity contribution is 7.80. The Hall–Kier alpha value is -0.116. The quantitative estimate of drug-likeness (QED) is 0.320. The molecule has 4 nitrogen and oxygen atoms in total. The van der Waals surface area contributed by atoms with Crippen molar-refractivity contribution in [2.75, 3.05) is 5.75 Å². The van der Waals surface area contributed by atoms with Crippen molar-refractivity contribution in [3.63, 3.8) is 0 Å². The molecule has 0 aromatic carbocycles. The summed E-state index contributed by atoms with van der Waals surface area (Å²) < 4.78 is 11.0. The van der Waals surface area contributed by atoms with Crippen LogP contribution in [-0.2, 0) is 18.4 Å². The number of hydrogen-bond acceptors (Lipinski definition) is 5. The number of ether oxygens (including phenoxy) is 1. The third-order valence-corrected chi connectivity index (χ3v) is 11.6. The summed E-state index contributed by atoms with van der Waals surface area (Å²) in [5.41, 5.74) is 0. The molecule has 0 amide bonds. The standard InChI is InChI=1S/C13H26O4SSi2/c1-19(2,17-20(3,4)9-7-18)8-5-6-11-10-12(14)16-13(11)15/h11,18H,5-10H2,1-4H3. The number of esters is 2. The van der Waals surface area contributed by atoms with Gasteiger partial charge in [-0.15, -0.1) is 0 Å². The van der Waals surface area contributed by atoms with Crippen LogP contribution < -0.4 is 0 Å². The maximum atomic E-state index is 11.4. The van der Waals surface area contributed by atoms with E-state index in [4.69, 9.17) is 4.12 Å². The van der Waals surface area contributed by atoms with Crippen molar-refractivity contribution in [3.05, 3.63) is 0 Å². The molecule has 1 heterocycles. The molecule has 0 spiro atoms. The number of hydrogen-bond donors (Lipinski definition) is 1. The second-order valence-corrected chi connectivity index (χ2v) is 16.0. The van der Waals surface area contributed by atoms with Crippen molar-refractivity contribution < 1.29 is 18.4 Å². The number of carbonyl (C=O) groups excluding carboxylic acids is 2. The van der Waals surface area contributed by atoms with Crippen LogP contribution in [0.15, 0.2) is 0 Å². The molecular formula is C13H26O4SSi2. The molecule has 1 aliphatic rings. The minimum atomic E-state index is -1.70. The predicted molar refractivity (Wildman–Crippen MR) is 88.0 cm³/mol. The smallest absolute Gasteiger partial charge is 0.317 e. The van der Waals surface area contributed by atoms with E-state index in [0.717, 1.165) is 30.7 Å². The highest BCUT2D eigenvalue weighted by Gasteiger charge is 2.35. The Morgan fingerprint density at radius 3 is 2.30 bits per heavy atom. The van der Waals surface area contributed by atoms with E-state index in [9.17, 15) is 9.59 Å². The minimum absolute atomic E-state index is 0.227. The summed E-state index contributed by atoms with van der Waals surface area (Å²) in [5, 5.41) is 0. The summed E-state index contributed by atoms with van der Waals surface area (Å²) in [4.78, 5) is 22.4. The summed E-state index contributed by atoms with van der Waals surface area (Å²) in [6.45, 7) is 8.95. The van der Waals surface area contributed by atoms with Gasteiger partial charge in [-0.1, -0.05) is 6.42 Å². The predicted octanol–water partition coefficient (Wildman–Crippen LogP) is 3.21. The maximum Gasteiger partial charge on any atom is 0.317 e. The fourth-order valence-corrected chi connectivity index (χ4v) is 12.6. The van der Waals surface area contributed by atoms with Crippen LogP contribution in [0.4, 0.5) is 0 Å². The lowest BCUT2D eigenvalue weighted by atomic mass is 10.0. The van der Waals surface area contributed by atoms with Gasteiger partial charge in [0.1, 0.15) is 0 Å². The first-order valence-corrected chi connectivity index (χ1v) is 14.1. The molecule has 20 heavy (non-hydrogen) atoms. The second kappa shape index (κ2) is 7.24. The zero-order chi connectivity index (χ0) is 15.4. The van der Waals surface area contributed by atoms with Crippen molar-refractivity contribution in [2.45, 2.75) is 57.5 Å². The van der Waals surface area contributed by atoms with Crippen LogP contribution in [0.1, 0.15) is 19.3 Å². The summed E-state index contributed by atoms with van der Waals surface area (Å²) in [7, 11) is -3.30. The molecule has 0 bridgehead atoms. The topological polar surface area (TPSA) is 52.6 Å². The van der Waals surface area contributed by atoms with Crippen LogP contribution in [0.2, 0.25) is 38.3 Å². The molecule has 0 radical (unpaired) electrons. The van der Waals surface area contributed by atoms with Gasteiger partial charge in [-0.3, -0.25) is 9.59 Å². The Balaban J connectivity index is 2.36. The summed E-state index contributed by atoms with van der Waals surface area (Å²) in [5.74, 6) is -0.0787. The van der Waals surface area contributed by atoms with Gasteiger partial charge in [0.05, 0.1) is 12.3 Å². The molecule has 1 fully saturated rings. The lowest BCUT2D eigenvalue weighted by Gasteiger charge is -2.34. The zero-order valence-corrected chi connectivity index (χ0v) is 15.8. The van der Waals surface area contributed by atoms with Gasteiger partial charge in [0.2, 0.25) is 0 Å². The summed E-state index contributed by atoms with van der Waals surface area (Å²) in [6, 6.07) is 2.09. The first-order chi connectivity index (χ1) is 9.15. The normalized spacial score (nSPS) is 20.4. The van der Waals surface area contributed by atoms with Gasteiger partial charge < -0.3 is 8.85 Å². The lowest BCUT2D eigenvalue weighted by molar-refractivity contribution is -0.153. The van der Waals surface area contributed by atoms with Crippen molar-refractivity contribution in [1.29, 1.82) is 0 Å². The highest BCUT2D eigenvalue weighted by atomic mass is 32.1. The van der Waals surface area contributed by atoms with E-state index >= 15 is 0 Å². The van der Waals surface area contributed by atoms with Crippen molar-refractivity contribution >= 4 is 41.2 Å². The molecule has 116 valence electrons. The fourth-order valence-electron chi connectivity index (χ4n) is 2.64. The SMILES string of the molecule is C[Si](C)(CCS)O[Si](C)(C)CCCC1CC(=O)OC1=O. The Labute approximate surface area is 129 Å². The Morgan fingerprint density at radius 1 is 1.20 bits per heavy atom. The highest BCUT2D eigenvalue weighted by Crippen LogP contribution is 2.27. The van der Waals surface area contributed by atoms with Gasteiger partial charge in [-0.25, -0.2) is 0 Å². The average molecular weight is 335 g/mol. The Bertz CT molecular complexity index is 371. The van der Waals surface area contributed by atoms with Crippen LogP contribution >= 0.6 is 12.6 Å². The van der Waals surface area contributed by atoms with E-state index < -0.39 is 16.6 Å². The third-order valence-electron chi connectivity index (χ3n) is 3.56. The maximum absolute atomic E-state index is 11.4. The fraction of sp³-hybridized carbons (Fsp3) is 0.846. The Morgan fingerprint density at radius 2 is 1.80 bits per heavy atom. The molecule has 0 N–H and O–H groups in total. The number of thiol groups is 1. The van der Waals surface area contributed by atoms with Gasteiger partial charge >= 0.3 is 11.9 Å². The van der Waals surface area contributed by atoms with E-state index in [1.807, 2.05) is 0 Å². The van der Waals surface area contributed by atoms with E-state index in [2.05, 4.69) is 43.6 Å². The molecule has 1 saturated heterocycles. The second-order valence-electron chi connectivity index (χ2n) is 6.68. The van der Waals surface area contributed by atoms with E-state index in [-0.39, 0.29) is 24.3 Å². The first-order valence-electron chi connectivity index (χ1n) is 7.21. The molecule has 1 aliphatic heterocycles. The number of carbonyl (C=O) groups is 2. The Kier molecular flexibility index (Phi) is 6.49. The molecular weight excluding hydrogens is 308 g/mol. The average Bonchev–Trinajstić information content (AvgIpc) is 2.55. The zero-order valence-electron chi connectivity index (χ0n) is 12.9. The van der Waals surface area contributed by atoms with Crippen LogP contribution in [0.5, 0.6) is 0 Å². The van der Waals surface area contributed by atoms with Gasteiger partial charge in [0.25, 0.3) is 0 Å². The van der Waals surface area contributed by atoms with Crippen LogP contribution in [-0.4, -0.2) is 34.3 Å². The summed E-state index contributed by atoms with van der Waals surface area (Å²) in [6.07, 6.45) is 1.91. The van der Waals surface area contributed by atoms with E-state index in [0.29, 0.717) is 0 Å². The largest absolute Gasteiger partial charge is 0.455 e. The van der Waals surface area contributed by atoms with E-state index in [1.165, 1.54) is 0 Å². The summed E-state index contributed by atoms with van der Waals surface area (Å²) >= 11 is 4.30. The van der Waals surface area contributed by atoms with Gasteiger partial charge in [0.15, 0.2) is 16.6 Å². The number of rotatable bonds is 8. The molecule has 0 aromatic rings. The van der Waals surface area contributed by atoms with Gasteiger partial charge in [0, 0.05) is 0 Å². The van der Waals surface area contributed by atoms with Crippen molar-refractivity contribution in [1.82, 2.24) is 0 Å². The molecule has 1 unspecified atom stereocenters. The van der Waals surface area contributed by atoms with Crippen LogP contribution in [0.25, 0.3) is 0 Å². The van der Waals surface area contributed by atoms with Crippen LogP contribution in [0, 0.1) is 5.92 Å². The van der Waals surface area contributed by atoms with Gasteiger partial charge in [-0.05, 0) is 50.4 Å². The first kappa shape index (κ1) is 17.9. The molecule has 7 heteroatoms. The van der Waals surface area contributed by atoms with Crippen molar-refractivity contribution in [3.8, 4) is 0 Å². The number of cyclic esters (lactones) is 2. The molecule has 0 aliphatic carbocycles.